The van der Waals surface area contributed by atoms with Gasteiger partial charge in [0, 0.05) is 6.42 Å². The zero-order chi connectivity index (χ0) is 17.4. The van der Waals surface area contributed by atoms with Crippen molar-refractivity contribution in [1.29, 1.82) is 0 Å². The number of carbonyl (C=O) groups excluding carboxylic acids is 1. The lowest BCUT2D eigenvalue weighted by atomic mass is 10.0. The van der Waals surface area contributed by atoms with Crippen molar-refractivity contribution in [3.05, 3.63) is 0 Å². The predicted octanol–water partition coefficient (Wildman–Crippen LogP) is 3.79. The van der Waals surface area contributed by atoms with Crippen LogP contribution in [0.15, 0.2) is 0 Å². The van der Waals surface area contributed by atoms with Gasteiger partial charge in [0.15, 0.2) is 6.10 Å². The highest BCUT2D eigenvalue weighted by Gasteiger charge is 2.51. The number of hydrogen-bond acceptors (Lipinski definition) is 4. The van der Waals surface area contributed by atoms with E-state index in [-0.39, 0.29) is 6.42 Å². The Labute approximate surface area is 131 Å². The van der Waals surface area contributed by atoms with Gasteiger partial charge in [-0.25, -0.2) is 0 Å². The molecule has 0 bridgehead atoms. The first-order valence-electron chi connectivity index (χ1n) is 7.52. The predicted molar refractivity (Wildman–Crippen MR) is 79.2 cm³/mol. The first-order chi connectivity index (χ1) is 9.98. The van der Waals surface area contributed by atoms with Crippen LogP contribution in [0, 0.1) is 5.92 Å². The summed E-state index contributed by atoms with van der Waals surface area (Å²) in [6.45, 7) is 5.04. The molecule has 0 aromatic heterocycles. The highest BCUT2D eigenvalue weighted by molar-refractivity contribution is 7.86. The van der Waals surface area contributed by atoms with Crippen molar-refractivity contribution in [1.82, 2.24) is 0 Å². The Hall–Kier alpha value is -0.760. The first kappa shape index (κ1) is 21.2. The van der Waals surface area contributed by atoms with Crippen LogP contribution in [-0.4, -0.2) is 30.3 Å². The van der Waals surface area contributed by atoms with E-state index >= 15 is 0 Å². The third kappa shape index (κ3) is 8.03. The lowest BCUT2D eigenvalue weighted by Crippen LogP contribution is -2.41. The van der Waals surface area contributed by atoms with Crippen molar-refractivity contribution < 1.29 is 31.3 Å². The van der Waals surface area contributed by atoms with Gasteiger partial charge in [-0.05, 0) is 19.3 Å². The summed E-state index contributed by atoms with van der Waals surface area (Å²) < 4.78 is 60.1. The largest absolute Gasteiger partial charge is 0.455 e. The van der Waals surface area contributed by atoms with Gasteiger partial charge < -0.3 is 4.74 Å². The fourth-order valence-corrected chi connectivity index (χ4v) is 2.35. The summed E-state index contributed by atoms with van der Waals surface area (Å²) in [5.74, 6) is -0.223. The molecule has 5 nitrogen and oxygen atoms in total. The Bertz CT molecular complexity index is 435. The highest BCUT2D eigenvalue weighted by atomic mass is 32.2. The Morgan fingerprint density at radius 2 is 1.59 bits per heavy atom. The number of hydrogen-bond donors (Lipinski definition) is 1. The molecule has 1 unspecified atom stereocenters. The number of unbranched alkanes of at least 4 members (excludes halogenated alkanes) is 4. The van der Waals surface area contributed by atoms with Crippen molar-refractivity contribution in [2.24, 2.45) is 5.92 Å². The normalized spacial score (nSPS) is 14.1. The zero-order valence-corrected chi connectivity index (χ0v) is 14.2. The molecule has 8 heteroatoms. The second kappa shape index (κ2) is 9.39. The van der Waals surface area contributed by atoms with Crippen LogP contribution in [0.4, 0.5) is 8.78 Å². The first-order valence-corrected chi connectivity index (χ1v) is 8.96. The van der Waals surface area contributed by atoms with Crippen molar-refractivity contribution >= 4 is 16.1 Å². The molecule has 1 N–H and O–H groups in total. The van der Waals surface area contributed by atoms with E-state index in [2.05, 4.69) is 18.6 Å². The molecule has 0 amide bonds. The molecule has 0 aliphatic carbocycles. The molecule has 0 aromatic rings. The number of alkyl halides is 2. The van der Waals surface area contributed by atoms with Crippen molar-refractivity contribution in [3.8, 4) is 0 Å². The van der Waals surface area contributed by atoms with Gasteiger partial charge in [0.25, 0.3) is 0 Å². The van der Waals surface area contributed by atoms with E-state index in [4.69, 9.17) is 4.55 Å². The van der Waals surface area contributed by atoms with Gasteiger partial charge in [0.2, 0.25) is 0 Å². The van der Waals surface area contributed by atoms with Gasteiger partial charge in [-0.1, -0.05) is 46.0 Å². The summed E-state index contributed by atoms with van der Waals surface area (Å²) in [6.07, 6.45) is 3.32. The summed E-state index contributed by atoms with van der Waals surface area (Å²) >= 11 is 0. The molecule has 0 saturated heterocycles. The molecule has 0 spiro atoms. The smallest absolute Gasteiger partial charge is 0.405 e. The fraction of sp³-hybridized carbons (Fsp3) is 0.929. The van der Waals surface area contributed by atoms with Gasteiger partial charge in [0.05, 0.1) is 0 Å². The Morgan fingerprint density at radius 1 is 1.09 bits per heavy atom. The van der Waals surface area contributed by atoms with Crippen LogP contribution in [0.3, 0.4) is 0 Å². The molecular weight excluding hydrogens is 318 g/mol. The zero-order valence-electron chi connectivity index (χ0n) is 13.3. The fourth-order valence-electron chi connectivity index (χ4n) is 1.89. The molecule has 0 aromatic carbocycles. The van der Waals surface area contributed by atoms with E-state index in [0.29, 0.717) is 12.3 Å². The van der Waals surface area contributed by atoms with E-state index in [9.17, 15) is 22.0 Å². The number of esters is 1. The van der Waals surface area contributed by atoms with Crippen molar-refractivity contribution in [2.75, 3.05) is 0 Å². The summed E-state index contributed by atoms with van der Waals surface area (Å²) in [6, 6.07) is 0. The van der Waals surface area contributed by atoms with Crippen LogP contribution in [0.1, 0.15) is 65.7 Å². The van der Waals surface area contributed by atoms with E-state index in [1.165, 1.54) is 0 Å². The van der Waals surface area contributed by atoms with E-state index in [0.717, 1.165) is 39.0 Å². The monoisotopic (exact) mass is 344 g/mol. The van der Waals surface area contributed by atoms with Crippen LogP contribution < -0.4 is 0 Å². The van der Waals surface area contributed by atoms with Gasteiger partial charge in [0.1, 0.15) is 0 Å². The average Bonchev–Trinajstić information content (AvgIpc) is 2.35. The maximum Gasteiger partial charge on any atom is 0.405 e. The van der Waals surface area contributed by atoms with Gasteiger partial charge >= 0.3 is 21.3 Å². The third-order valence-corrected chi connectivity index (χ3v) is 4.31. The third-order valence-electron chi connectivity index (χ3n) is 3.29. The van der Waals surface area contributed by atoms with Crippen LogP contribution in [-0.2, 0) is 19.6 Å². The SMILES string of the molecule is CC(C)CCCCCCCC(=O)OC(C)C(F)(F)S(=O)(=O)O. The van der Waals surface area contributed by atoms with Gasteiger partial charge in [-0.15, -0.1) is 0 Å². The molecule has 0 aliphatic heterocycles. The van der Waals surface area contributed by atoms with E-state index < -0.39 is 27.4 Å². The van der Waals surface area contributed by atoms with Crippen LogP contribution in [0.5, 0.6) is 0 Å². The summed E-state index contributed by atoms with van der Waals surface area (Å²) in [7, 11) is -5.60. The number of halogens is 2. The lowest BCUT2D eigenvalue weighted by Gasteiger charge is -2.20. The van der Waals surface area contributed by atoms with Crippen molar-refractivity contribution in [2.45, 2.75) is 77.1 Å². The number of carbonyl (C=O) groups is 1. The minimum absolute atomic E-state index is 0.0456. The van der Waals surface area contributed by atoms with Crippen molar-refractivity contribution in [3.63, 3.8) is 0 Å². The highest BCUT2D eigenvalue weighted by Crippen LogP contribution is 2.27. The maximum absolute atomic E-state index is 13.2. The molecule has 0 saturated carbocycles. The Kier molecular flexibility index (Phi) is 9.07. The molecule has 0 rings (SSSR count). The van der Waals surface area contributed by atoms with E-state index in [1.54, 1.807) is 0 Å². The lowest BCUT2D eigenvalue weighted by molar-refractivity contribution is -0.159. The molecule has 0 radical (unpaired) electrons. The molecule has 0 heterocycles. The quantitative estimate of drug-likeness (QED) is 0.350. The summed E-state index contributed by atoms with van der Waals surface area (Å²) in [5, 5.41) is -4.50. The van der Waals surface area contributed by atoms with Gasteiger partial charge in [-0.2, -0.15) is 17.2 Å². The molecule has 0 fully saturated rings. The summed E-state index contributed by atoms with van der Waals surface area (Å²) in [5.41, 5.74) is 0. The number of ether oxygens (including phenoxy) is 1. The van der Waals surface area contributed by atoms with Crippen LogP contribution >= 0.6 is 0 Å². The molecule has 0 aliphatic rings. The van der Waals surface area contributed by atoms with Crippen LogP contribution in [0.25, 0.3) is 0 Å². The second-order valence-corrected chi connectivity index (χ2v) is 7.36. The second-order valence-electron chi connectivity index (χ2n) is 5.87. The van der Waals surface area contributed by atoms with E-state index in [1.807, 2.05) is 0 Å². The summed E-state index contributed by atoms with van der Waals surface area (Å²) in [4.78, 5) is 11.4. The Morgan fingerprint density at radius 3 is 2.09 bits per heavy atom. The average molecular weight is 344 g/mol. The van der Waals surface area contributed by atoms with Gasteiger partial charge in [-0.3, -0.25) is 9.35 Å². The Balaban J connectivity index is 3.92. The molecule has 22 heavy (non-hydrogen) atoms. The maximum atomic E-state index is 13.2. The standard InChI is InChI=1S/C14H26F2O5S/c1-11(2)9-7-5-4-6-8-10-13(17)21-12(3)14(15,16)22(18,19)20/h11-12H,4-10H2,1-3H3,(H,18,19,20). The molecule has 132 valence electrons. The molecular formula is C14H26F2O5S. The topological polar surface area (TPSA) is 80.7 Å². The van der Waals surface area contributed by atoms with Crippen LogP contribution in [0.2, 0.25) is 0 Å². The minimum Gasteiger partial charge on any atom is -0.455 e. The molecule has 1 atom stereocenters. The number of rotatable bonds is 11. The minimum atomic E-state index is -5.60.